The van der Waals surface area contributed by atoms with Crippen molar-refractivity contribution in [1.82, 2.24) is 0 Å². The van der Waals surface area contributed by atoms with Gasteiger partial charge in [0.1, 0.15) is 5.78 Å². The van der Waals surface area contributed by atoms with Gasteiger partial charge < -0.3 is 4.74 Å². The Morgan fingerprint density at radius 3 is 3.00 bits per heavy atom. The molecule has 19 heavy (non-hydrogen) atoms. The molecular weight excluding hydrogens is 236 g/mol. The van der Waals surface area contributed by atoms with Gasteiger partial charge in [-0.3, -0.25) is 4.79 Å². The third-order valence-corrected chi connectivity index (χ3v) is 7.62. The molecule has 6 unspecified atom stereocenters. The van der Waals surface area contributed by atoms with Crippen LogP contribution in [0.2, 0.25) is 0 Å². The lowest BCUT2D eigenvalue weighted by Crippen LogP contribution is -2.67. The molecule has 1 saturated heterocycles. The minimum absolute atomic E-state index is 0.0188. The maximum atomic E-state index is 12.8. The fourth-order valence-corrected chi connectivity index (χ4v) is 7.02. The first kappa shape index (κ1) is 11.3. The number of ketones is 1. The van der Waals surface area contributed by atoms with Crippen molar-refractivity contribution >= 4 is 5.78 Å². The molecule has 5 aliphatic carbocycles. The monoisotopic (exact) mass is 260 g/mol. The molecule has 6 atom stereocenters. The summed E-state index contributed by atoms with van der Waals surface area (Å²) >= 11 is 0. The Morgan fingerprint density at radius 1 is 1.11 bits per heavy atom. The van der Waals surface area contributed by atoms with Crippen molar-refractivity contribution in [2.45, 2.75) is 63.9 Å². The molecule has 2 heteroatoms. The Morgan fingerprint density at radius 2 is 2.05 bits per heavy atom. The van der Waals surface area contributed by atoms with Crippen LogP contribution < -0.4 is 0 Å². The molecule has 4 bridgehead atoms. The first-order chi connectivity index (χ1) is 9.26. The van der Waals surface area contributed by atoms with Crippen LogP contribution in [-0.2, 0) is 9.53 Å². The average Bonchev–Trinajstić information content (AvgIpc) is 2.68. The number of carbonyl (C=O) groups is 1. The average molecular weight is 260 g/mol. The highest BCUT2D eigenvalue weighted by Gasteiger charge is 2.71. The van der Waals surface area contributed by atoms with E-state index in [-0.39, 0.29) is 5.41 Å². The number of carbonyl (C=O) groups excluding carboxylic acids is 1. The van der Waals surface area contributed by atoms with E-state index >= 15 is 0 Å². The molecular formula is C17H24O2. The van der Waals surface area contributed by atoms with E-state index in [1.54, 1.807) is 0 Å². The van der Waals surface area contributed by atoms with Gasteiger partial charge in [0.05, 0.1) is 18.1 Å². The summed E-state index contributed by atoms with van der Waals surface area (Å²) < 4.78 is 6.40. The zero-order chi connectivity index (χ0) is 12.7. The van der Waals surface area contributed by atoms with Gasteiger partial charge in [-0.15, -0.1) is 0 Å². The quantitative estimate of drug-likeness (QED) is 0.667. The van der Waals surface area contributed by atoms with Crippen molar-refractivity contribution in [3.63, 3.8) is 0 Å². The van der Waals surface area contributed by atoms with Crippen LogP contribution in [0, 0.1) is 28.6 Å². The van der Waals surface area contributed by atoms with Crippen molar-refractivity contribution < 1.29 is 9.53 Å². The number of hydrogen-bond donors (Lipinski definition) is 0. The molecule has 1 aliphatic heterocycles. The summed E-state index contributed by atoms with van der Waals surface area (Å²) in [5.41, 5.74) is 0.382. The van der Waals surface area contributed by atoms with Crippen LogP contribution in [0.4, 0.5) is 0 Å². The molecule has 5 saturated carbocycles. The maximum Gasteiger partial charge on any atom is 0.142 e. The molecule has 0 radical (unpaired) electrons. The van der Waals surface area contributed by atoms with Crippen molar-refractivity contribution in [1.29, 1.82) is 0 Å². The zero-order valence-electron chi connectivity index (χ0n) is 11.7. The summed E-state index contributed by atoms with van der Waals surface area (Å²) in [6.07, 6.45) is 11.9. The van der Waals surface area contributed by atoms with E-state index in [4.69, 9.17) is 4.74 Å². The molecule has 0 N–H and O–H groups in total. The molecule has 0 amide bonds. The third kappa shape index (κ3) is 1.13. The molecule has 1 heterocycles. The first-order valence-corrected chi connectivity index (χ1v) is 8.41. The second-order valence-corrected chi connectivity index (χ2v) is 8.10. The van der Waals surface area contributed by atoms with Crippen LogP contribution in [-0.4, -0.2) is 18.5 Å². The van der Waals surface area contributed by atoms with Crippen molar-refractivity contribution in [2.24, 2.45) is 28.6 Å². The lowest BCUT2D eigenvalue weighted by molar-refractivity contribution is -0.249. The Kier molecular flexibility index (Phi) is 2.05. The van der Waals surface area contributed by atoms with Gasteiger partial charge in [-0.2, -0.15) is 0 Å². The second-order valence-electron chi connectivity index (χ2n) is 8.10. The highest BCUT2D eigenvalue weighted by atomic mass is 16.5. The van der Waals surface area contributed by atoms with Crippen LogP contribution in [0.1, 0.15) is 57.8 Å². The van der Waals surface area contributed by atoms with Crippen LogP contribution in [0.5, 0.6) is 0 Å². The molecule has 104 valence electrons. The van der Waals surface area contributed by atoms with Gasteiger partial charge in [-0.1, -0.05) is 12.8 Å². The summed E-state index contributed by atoms with van der Waals surface area (Å²) in [6, 6.07) is 0. The SMILES string of the molecule is O=C1CC2COC3C45CCCCC4CC(CC5)C13C2. The normalized spacial score (nSPS) is 58.8. The molecule has 6 rings (SSSR count). The minimum atomic E-state index is -0.0188. The summed E-state index contributed by atoms with van der Waals surface area (Å²) in [7, 11) is 0. The number of Topliss-reactive ketones (excluding diaryl/α,β-unsaturated/α-hetero) is 1. The fourth-order valence-electron chi connectivity index (χ4n) is 7.02. The van der Waals surface area contributed by atoms with Gasteiger partial charge in [-0.05, 0) is 56.3 Å². The lowest BCUT2D eigenvalue weighted by atomic mass is 9.40. The number of fused-ring (bicyclic) bond motifs is 2. The van der Waals surface area contributed by atoms with E-state index in [2.05, 4.69) is 0 Å². The fraction of sp³-hybridized carbons (Fsp3) is 0.941. The Hall–Kier alpha value is -0.370. The standard InChI is InChI=1S/C17H24O2/c18-14-7-11-9-17(14)13-4-6-16(15(17)19-10-11)5-2-1-3-12(16)8-13/h11-13,15H,1-10H2. The molecule has 2 spiro atoms. The minimum Gasteiger partial charge on any atom is -0.376 e. The molecule has 0 aromatic heterocycles. The molecule has 6 aliphatic rings. The van der Waals surface area contributed by atoms with Crippen LogP contribution in [0.3, 0.4) is 0 Å². The van der Waals surface area contributed by atoms with Crippen LogP contribution in [0.25, 0.3) is 0 Å². The highest BCUT2D eigenvalue weighted by molar-refractivity contribution is 5.89. The Labute approximate surface area is 115 Å². The van der Waals surface area contributed by atoms with Gasteiger partial charge in [-0.25, -0.2) is 0 Å². The van der Waals surface area contributed by atoms with Gasteiger partial charge in [0.25, 0.3) is 0 Å². The number of rotatable bonds is 0. The predicted octanol–water partition coefficient (Wildman–Crippen LogP) is 3.34. The molecule has 0 aromatic rings. The molecule has 2 nitrogen and oxygen atoms in total. The van der Waals surface area contributed by atoms with E-state index in [1.807, 2.05) is 0 Å². The maximum absolute atomic E-state index is 12.8. The van der Waals surface area contributed by atoms with E-state index in [0.717, 1.165) is 18.9 Å². The Balaban J connectivity index is 1.66. The van der Waals surface area contributed by atoms with Gasteiger partial charge in [0.2, 0.25) is 0 Å². The topological polar surface area (TPSA) is 26.3 Å². The van der Waals surface area contributed by atoms with Gasteiger partial charge >= 0.3 is 0 Å². The van der Waals surface area contributed by atoms with Crippen molar-refractivity contribution in [3.05, 3.63) is 0 Å². The van der Waals surface area contributed by atoms with E-state index in [0.29, 0.717) is 29.1 Å². The van der Waals surface area contributed by atoms with E-state index < -0.39 is 0 Å². The van der Waals surface area contributed by atoms with Crippen LogP contribution in [0.15, 0.2) is 0 Å². The second kappa shape index (κ2) is 3.44. The lowest BCUT2D eigenvalue weighted by Gasteiger charge is -2.66. The van der Waals surface area contributed by atoms with E-state index in [1.165, 1.54) is 51.4 Å². The van der Waals surface area contributed by atoms with Crippen LogP contribution >= 0.6 is 0 Å². The molecule has 6 fully saturated rings. The van der Waals surface area contributed by atoms with Gasteiger partial charge in [0.15, 0.2) is 0 Å². The summed E-state index contributed by atoms with van der Waals surface area (Å²) in [6.45, 7) is 0.874. The largest absolute Gasteiger partial charge is 0.376 e. The first-order valence-electron chi connectivity index (χ1n) is 8.41. The molecule has 0 aromatic carbocycles. The van der Waals surface area contributed by atoms with Gasteiger partial charge in [0, 0.05) is 11.8 Å². The summed E-state index contributed by atoms with van der Waals surface area (Å²) in [5.74, 6) is 2.69. The Bertz CT molecular complexity index is 441. The number of hydrogen-bond acceptors (Lipinski definition) is 2. The predicted molar refractivity (Wildman–Crippen MR) is 71.6 cm³/mol. The third-order valence-electron chi connectivity index (χ3n) is 7.62. The van der Waals surface area contributed by atoms with Crippen molar-refractivity contribution in [3.8, 4) is 0 Å². The summed E-state index contributed by atoms with van der Waals surface area (Å²) in [4.78, 5) is 12.8. The number of ether oxygens (including phenoxy) is 1. The smallest absolute Gasteiger partial charge is 0.142 e. The highest BCUT2D eigenvalue weighted by Crippen LogP contribution is 2.71. The summed E-state index contributed by atoms with van der Waals surface area (Å²) in [5, 5.41) is 0. The van der Waals surface area contributed by atoms with Crippen molar-refractivity contribution in [2.75, 3.05) is 6.61 Å². The van der Waals surface area contributed by atoms with E-state index in [9.17, 15) is 4.79 Å². The zero-order valence-corrected chi connectivity index (χ0v) is 11.7.